The van der Waals surface area contributed by atoms with E-state index in [1.165, 1.54) is 88.2 Å². The molecule has 0 heterocycles. The number of benzene rings is 1. The van der Waals surface area contributed by atoms with Crippen molar-refractivity contribution in [3.63, 3.8) is 0 Å². The molecule has 0 radical (unpaired) electrons. The first kappa shape index (κ1) is 36.6. The van der Waals surface area contributed by atoms with Gasteiger partial charge in [0.05, 0.1) is 0 Å². The third kappa shape index (κ3) is 21.9. The van der Waals surface area contributed by atoms with Gasteiger partial charge in [0.2, 0.25) is 0 Å². The van der Waals surface area contributed by atoms with Gasteiger partial charge in [-0.3, -0.25) is 0 Å². The molecule has 0 aliphatic carbocycles. The summed E-state index contributed by atoms with van der Waals surface area (Å²) in [5, 5.41) is 0. The summed E-state index contributed by atoms with van der Waals surface area (Å²) < 4.78 is 0. The van der Waals surface area contributed by atoms with E-state index in [1.54, 1.807) is 0 Å². The summed E-state index contributed by atoms with van der Waals surface area (Å²) in [5.74, 6) is 0. The van der Waals surface area contributed by atoms with Crippen LogP contribution in [0.3, 0.4) is 0 Å². The Hall–Kier alpha value is -0.780. The molecule has 0 heteroatoms. The predicted octanol–water partition coefficient (Wildman–Crippen LogP) is 11.5. The van der Waals surface area contributed by atoms with E-state index in [-0.39, 0.29) is 7.43 Å². The highest BCUT2D eigenvalue weighted by Gasteiger charge is 2.20. The van der Waals surface area contributed by atoms with Gasteiger partial charge in [0.15, 0.2) is 0 Å². The molecule has 0 saturated carbocycles. The largest absolute Gasteiger partial charge is 0.0776 e. The van der Waals surface area contributed by atoms with Gasteiger partial charge in [0.1, 0.15) is 0 Å². The predicted molar refractivity (Wildman–Crippen MR) is 146 cm³/mol. The molecule has 0 aliphatic rings. The minimum Gasteiger partial charge on any atom is -0.0776 e. The number of hydrogen-bond acceptors (Lipinski definition) is 0. The zero-order valence-corrected chi connectivity index (χ0v) is 22.3. The zero-order chi connectivity index (χ0) is 23.0. The normalized spacial score (nSPS) is 9.67. The van der Waals surface area contributed by atoms with E-state index in [0.29, 0.717) is 5.41 Å². The third-order valence-corrected chi connectivity index (χ3v) is 6.10. The highest BCUT2D eigenvalue weighted by Crippen LogP contribution is 2.33. The van der Waals surface area contributed by atoms with Crippen LogP contribution in [0, 0.1) is 5.41 Å². The second kappa shape index (κ2) is 28.2. The fourth-order valence-corrected chi connectivity index (χ4v) is 2.95. The summed E-state index contributed by atoms with van der Waals surface area (Å²) >= 11 is 0. The Kier molecular flexibility index (Phi) is 34.4. The van der Waals surface area contributed by atoms with Crippen LogP contribution in [0.4, 0.5) is 0 Å². The standard InChI is InChI=1S/C12H18.C9H20.2C4H10.CH4/c1-3-5-11-7-9-12(6-4-2)10-8-11;1-5-9(6-2,7-3)8-4;2*1-3-4-2;/h7-10H,3-6H2,1-2H3;5-8H2,1-4H3;2*3-4H2,1-2H3;1H4. The second-order valence-corrected chi connectivity index (χ2v) is 8.23. The monoisotopic (exact) mass is 422 g/mol. The smallest absolute Gasteiger partial charge is 0.0281 e. The Labute approximate surface area is 194 Å². The maximum atomic E-state index is 2.30. The molecule has 1 aromatic carbocycles. The summed E-state index contributed by atoms with van der Waals surface area (Å²) in [7, 11) is 0. The van der Waals surface area contributed by atoms with Gasteiger partial charge in [-0.1, -0.05) is 165 Å². The van der Waals surface area contributed by atoms with Crippen LogP contribution in [0.15, 0.2) is 24.3 Å². The number of unbranched alkanes of at least 4 members (excludes halogenated alkanes) is 2. The quantitative estimate of drug-likeness (QED) is 0.351. The van der Waals surface area contributed by atoms with E-state index in [1.807, 2.05) is 0 Å². The first-order valence-corrected chi connectivity index (χ1v) is 13.0. The Morgan fingerprint density at radius 1 is 0.433 bits per heavy atom. The van der Waals surface area contributed by atoms with Gasteiger partial charge in [0, 0.05) is 0 Å². The van der Waals surface area contributed by atoms with Crippen LogP contribution < -0.4 is 0 Å². The van der Waals surface area contributed by atoms with Crippen molar-refractivity contribution in [3.05, 3.63) is 35.4 Å². The van der Waals surface area contributed by atoms with E-state index in [9.17, 15) is 0 Å². The third-order valence-electron chi connectivity index (χ3n) is 6.10. The van der Waals surface area contributed by atoms with Crippen LogP contribution in [0.2, 0.25) is 0 Å². The van der Waals surface area contributed by atoms with Crippen molar-refractivity contribution in [2.45, 2.75) is 154 Å². The van der Waals surface area contributed by atoms with Gasteiger partial charge in [0.25, 0.3) is 0 Å². The fourth-order valence-electron chi connectivity index (χ4n) is 2.95. The van der Waals surface area contributed by atoms with Gasteiger partial charge < -0.3 is 0 Å². The zero-order valence-electron chi connectivity index (χ0n) is 22.3. The molecule has 0 aromatic heterocycles. The van der Waals surface area contributed by atoms with Crippen molar-refractivity contribution in [3.8, 4) is 0 Å². The van der Waals surface area contributed by atoms with Gasteiger partial charge in [-0.2, -0.15) is 0 Å². The molecule has 0 bridgehead atoms. The number of hydrogen-bond donors (Lipinski definition) is 0. The minimum absolute atomic E-state index is 0. The van der Waals surface area contributed by atoms with Crippen molar-refractivity contribution < 1.29 is 0 Å². The Morgan fingerprint density at radius 3 is 0.767 bits per heavy atom. The molecule has 0 atom stereocenters. The summed E-state index contributed by atoms with van der Waals surface area (Å²) in [6.07, 6.45) is 15.6. The lowest BCUT2D eigenvalue weighted by Gasteiger charge is -2.28. The van der Waals surface area contributed by atoms with Crippen LogP contribution in [0.1, 0.15) is 152 Å². The lowest BCUT2D eigenvalue weighted by Crippen LogP contribution is -2.15. The maximum Gasteiger partial charge on any atom is -0.0281 e. The summed E-state index contributed by atoms with van der Waals surface area (Å²) in [5.41, 5.74) is 3.61. The van der Waals surface area contributed by atoms with Crippen LogP contribution in [-0.2, 0) is 12.8 Å². The van der Waals surface area contributed by atoms with E-state index < -0.39 is 0 Å². The highest BCUT2D eigenvalue weighted by molar-refractivity contribution is 5.22. The van der Waals surface area contributed by atoms with Gasteiger partial charge in [-0.15, -0.1) is 0 Å². The lowest BCUT2D eigenvalue weighted by atomic mass is 9.78. The van der Waals surface area contributed by atoms with E-state index in [2.05, 4.69) is 93.5 Å². The highest BCUT2D eigenvalue weighted by atomic mass is 14.3. The molecular weight excluding hydrogens is 360 g/mol. The maximum absolute atomic E-state index is 2.30. The molecule has 30 heavy (non-hydrogen) atoms. The number of aryl methyl sites for hydroxylation is 2. The summed E-state index contributed by atoms with van der Waals surface area (Å²) in [4.78, 5) is 0. The average Bonchev–Trinajstić information content (AvgIpc) is 2.78. The molecule has 0 unspecified atom stereocenters. The second-order valence-electron chi connectivity index (χ2n) is 8.23. The first-order valence-electron chi connectivity index (χ1n) is 13.0. The van der Waals surface area contributed by atoms with Gasteiger partial charge in [-0.05, 0) is 29.4 Å². The molecule has 0 saturated heterocycles. The molecule has 1 aromatic rings. The molecule has 0 spiro atoms. The van der Waals surface area contributed by atoms with E-state index in [4.69, 9.17) is 0 Å². The molecule has 0 amide bonds. The van der Waals surface area contributed by atoms with Crippen LogP contribution >= 0.6 is 0 Å². The van der Waals surface area contributed by atoms with Crippen molar-refractivity contribution >= 4 is 0 Å². The summed E-state index contributed by atoms with van der Waals surface area (Å²) in [6, 6.07) is 9.03. The Balaban J connectivity index is -0.000000166. The fraction of sp³-hybridized carbons (Fsp3) is 0.800. The molecule has 0 aliphatic heterocycles. The SMILES string of the molecule is C.CCC(CC)(CC)CC.CCCC.CCCC.CCCc1ccc(CCC)cc1. The van der Waals surface area contributed by atoms with Crippen molar-refractivity contribution in [2.24, 2.45) is 5.41 Å². The topological polar surface area (TPSA) is 0 Å². The van der Waals surface area contributed by atoms with Crippen LogP contribution in [0.25, 0.3) is 0 Å². The van der Waals surface area contributed by atoms with E-state index in [0.717, 1.165) is 0 Å². The van der Waals surface area contributed by atoms with Gasteiger partial charge in [-0.25, -0.2) is 0 Å². The van der Waals surface area contributed by atoms with Crippen LogP contribution in [0.5, 0.6) is 0 Å². The van der Waals surface area contributed by atoms with Crippen molar-refractivity contribution in [1.82, 2.24) is 0 Å². The molecule has 1 rings (SSSR count). The van der Waals surface area contributed by atoms with Gasteiger partial charge >= 0.3 is 0 Å². The Bertz CT molecular complexity index is 332. The molecule has 0 N–H and O–H groups in total. The first-order chi connectivity index (χ1) is 13.9. The van der Waals surface area contributed by atoms with Crippen molar-refractivity contribution in [1.29, 1.82) is 0 Å². The molecular formula is C30H62. The minimum atomic E-state index is 0. The Morgan fingerprint density at radius 2 is 0.667 bits per heavy atom. The average molecular weight is 423 g/mol. The molecule has 0 fully saturated rings. The molecule has 182 valence electrons. The van der Waals surface area contributed by atoms with Crippen molar-refractivity contribution in [2.75, 3.05) is 0 Å². The summed E-state index contributed by atoms with van der Waals surface area (Å²) in [6.45, 7) is 22.4. The van der Waals surface area contributed by atoms with Crippen LogP contribution in [-0.4, -0.2) is 0 Å². The number of rotatable bonds is 10. The lowest BCUT2D eigenvalue weighted by molar-refractivity contribution is 0.240. The molecule has 0 nitrogen and oxygen atoms in total. The van der Waals surface area contributed by atoms with E-state index >= 15 is 0 Å².